The smallest absolute Gasteiger partial charge is 0.306 e. The van der Waals surface area contributed by atoms with Gasteiger partial charge in [-0.2, -0.15) is 0 Å². The van der Waals surface area contributed by atoms with Crippen molar-refractivity contribution >= 4 is 17.9 Å². The van der Waals surface area contributed by atoms with Crippen molar-refractivity contribution in [2.24, 2.45) is 0 Å². The Labute approximate surface area is 427 Å². The summed E-state index contributed by atoms with van der Waals surface area (Å²) < 4.78 is 16.9. The second-order valence-corrected chi connectivity index (χ2v) is 19.5. The Morgan fingerprint density at radius 2 is 0.565 bits per heavy atom. The third kappa shape index (κ3) is 55.6. The zero-order valence-corrected chi connectivity index (χ0v) is 45.6. The van der Waals surface area contributed by atoms with Crippen LogP contribution in [0.15, 0.2) is 72.9 Å². The molecule has 0 saturated heterocycles. The number of ether oxygens (including phenoxy) is 3. The summed E-state index contributed by atoms with van der Waals surface area (Å²) in [6, 6.07) is 0. The highest BCUT2D eigenvalue weighted by Gasteiger charge is 2.19. The SMILES string of the molecule is CC/C=C\C/C=C\C/C=C\CCCCCCCC(=O)OCC(COC(=O)CCCCCCCCCCCCCCCCCCCCCCC)OC(=O)CCCCCCC/C=C\C/C=C\C/C=C\CC. The summed E-state index contributed by atoms with van der Waals surface area (Å²) in [7, 11) is 0. The first kappa shape index (κ1) is 65.8. The summed E-state index contributed by atoms with van der Waals surface area (Å²) in [5.41, 5.74) is 0. The van der Waals surface area contributed by atoms with Crippen LogP contribution < -0.4 is 0 Å². The molecule has 0 bridgehead atoms. The lowest BCUT2D eigenvalue weighted by Crippen LogP contribution is -2.30. The fraction of sp³-hybridized carbons (Fsp3) is 0.762. The Morgan fingerprint density at radius 3 is 0.884 bits per heavy atom. The van der Waals surface area contributed by atoms with Gasteiger partial charge < -0.3 is 14.2 Å². The van der Waals surface area contributed by atoms with E-state index in [0.29, 0.717) is 19.3 Å². The van der Waals surface area contributed by atoms with Crippen molar-refractivity contribution in [3.63, 3.8) is 0 Å². The molecule has 69 heavy (non-hydrogen) atoms. The molecule has 0 N–H and O–H groups in total. The Kier molecular flexibility index (Phi) is 54.8. The van der Waals surface area contributed by atoms with Gasteiger partial charge in [0.15, 0.2) is 6.10 Å². The highest BCUT2D eigenvalue weighted by atomic mass is 16.6. The number of hydrogen-bond acceptors (Lipinski definition) is 6. The number of hydrogen-bond donors (Lipinski definition) is 0. The van der Waals surface area contributed by atoms with E-state index in [-0.39, 0.29) is 31.1 Å². The molecule has 0 aromatic heterocycles. The maximum atomic E-state index is 12.8. The van der Waals surface area contributed by atoms with Crippen molar-refractivity contribution in [2.45, 2.75) is 297 Å². The fourth-order valence-electron chi connectivity index (χ4n) is 8.36. The molecule has 0 heterocycles. The number of carbonyl (C=O) groups is 3. The molecule has 0 aliphatic carbocycles. The first-order chi connectivity index (χ1) is 34.0. The fourth-order valence-corrected chi connectivity index (χ4v) is 8.36. The Hall–Kier alpha value is -3.15. The van der Waals surface area contributed by atoms with Crippen LogP contribution in [0.4, 0.5) is 0 Å². The van der Waals surface area contributed by atoms with Gasteiger partial charge >= 0.3 is 17.9 Å². The van der Waals surface area contributed by atoms with Crippen molar-refractivity contribution in [3.05, 3.63) is 72.9 Å². The Morgan fingerprint density at radius 1 is 0.304 bits per heavy atom. The molecule has 0 amide bonds. The maximum absolute atomic E-state index is 12.8. The predicted octanol–water partition coefficient (Wildman–Crippen LogP) is 19.8. The highest BCUT2D eigenvalue weighted by molar-refractivity contribution is 5.71. The standard InChI is InChI=1S/C63H110O6/c1-4-7-10-13-16-19-22-25-28-29-30-31-32-33-36-38-41-44-47-50-53-56-62(65)68-59-60(69-63(66)57-54-51-48-45-42-39-35-27-24-21-18-15-12-9-6-3)58-67-61(64)55-52-49-46-43-40-37-34-26-23-20-17-14-11-8-5-2/h8-9,11-12,17-18,20-21,26-27,34-35,60H,4-7,10,13-16,19,22-25,28-33,36-59H2,1-3H3/b11-8-,12-9-,20-17-,21-18-,34-26-,35-27-. The lowest BCUT2D eigenvalue weighted by atomic mass is 10.0. The average molecular weight is 964 g/mol. The second kappa shape index (κ2) is 57.4. The zero-order valence-electron chi connectivity index (χ0n) is 45.6. The number of carbonyl (C=O) groups excluding carboxylic acids is 3. The molecule has 1 atom stereocenters. The molecule has 0 rings (SSSR count). The van der Waals surface area contributed by atoms with Gasteiger partial charge in [0.05, 0.1) is 0 Å². The number of unbranched alkanes of at least 4 members (excludes halogenated alkanes) is 30. The van der Waals surface area contributed by atoms with Crippen molar-refractivity contribution in [1.82, 2.24) is 0 Å². The van der Waals surface area contributed by atoms with Crippen molar-refractivity contribution < 1.29 is 28.6 Å². The van der Waals surface area contributed by atoms with Crippen LogP contribution in [-0.2, 0) is 28.6 Å². The quantitative estimate of drug-likeness (QED) is 0.0262. The van der Waals surface area contributed by atoms with Crippen molar-refractivity contribution in [3.8, 4) is 0 Å². The van der Waals surface area contributed by atoms with Crippen LogP contribution in [0.2, 0.25) is 0 Å². The number of esters is 3. The summed E-state index contributed by atoms with van der Waals surface area (Å²) in [4.78, 5) is 38.2. The zero-order chi connectivity index (χ0) is 50.0. The second-order valence-electron chi connectivity index (χ2n) is 19.5. The van der Waals surface area contributed by atoms with Gasteiger partial charge in [0, 0.05) is 19.3 Å². The monoisotopic (exact) mass is 963 g/mol. The first-order valence-electron chi connectivity index (χ1n) is 29.4. The topological polar surface area (TPSA) is 78.9 Å². The molecule has 0 spiro atoms. The van der Waals surface area contributed by atoms with E-state index >= 15 is 0 Å². The minimum absolute atomic E-state index is 0.0860. The minimum atomic E-state index is -0.791. The van der Waals surface area contributed by atoms with E-state index in [1.807, 2.05) is 0 Å². The lowest BCUT2D eigenvalue weighted by Gasteiger charge is -2.18. The molecule has 0 aliphatic heterocycles. The summed E-state index contributed by atoms with van der Waals surface area (Å²) >= 11 is 0. The van der Waals surface area contributed by atoms with E-state index in [4.69, 9.17) is 14.2 Å². The third-order valence-corrected chi connectivity index (χ3v) is 12.7. The molecule has 398 valence electrons. The van der Waals surface area contributed by atoms with Crippen LogP contribution >= 0.6 is 0 Å². The predicted molar refractivity (Wildman–Crippen MR) is 298 cm³/mol. The Bertz CT molecular complexity index is 1290. The summed E-state index contributed by atoms with van der Waals surface area (Å²) in [5.74, 6) is -0.910. The molecular weight excluding hydrogens is 853 g/mol. The van der Waals surface area contributed by atoms with Gasteiger partial charge in [-0.1, -0.05) is 261 Å². The summed E-state index contributed by atoms with van der Waals surface area (Å²) in [5, 5.41) is 0. The van der Waals surface area contributed by atoms with Crippen LogP contribution in [0.1, 0.15) is 290 Å². The van der Waals surface area contributed by atoms with Crippen LogP contribution in [0.3, 0.4) is 0 Å². The van der Waals surface area contributed by atoms with E-state index in [1.165, 1.54) is 116 Å². The van der Waals surface area contributed by atoms with Crippen LogP contribution in [0.5, 0.6) is 0 Å². The van der Waals surface area contributed by atoms with Gasteiger partial charge in [-0.25, -0.2) is 0 Å². The van der Waals surface area contributed by atoms with Crippen molar-refractivity contribution in [1.29, 1.82) is 0 Å². The van der Waals surface area contributed by atoms with Gasteiger partial charge in [-0.05, 0) is 83.5 Å². The number of rotatable bonds is 53. The van der Waals surface area contributed by atoms with Crippen LogP contribution in [0, 0.1) is 0 Å². The van der Waals surface area contributed by atoms with E-state index in [0.717, 1.165) is 135 Å². The molecule has 0 aromatic carbocycles. The molecule has 0 radical (unpaired) electrons. The van der Waals surface area contributed by atoms with Gasteiger partial charge in [-0.3, -0.25) is 14.4 Å². The maximum Gasteiger partial charge on any atom is 0.306 e. The summed E-state index contributed by atoms with van der Waals surface area (Å²) in [6.07, 6.45) is 73.3. The van der Waals surface area contributed by atoms with E-state index in [2.05, 4.69) is 93.7 Å². The molecule has 0 aliphatic rings. The van der Waals surface area contributed by atoms with Gasteiger partial charge in [0.25, 0.3) is 0 Å². The molecule has 0 fully saturated rings. The largest absolute Gasteiger partial charge is 0.462 e. The van der Waals surface area contributed by atoms with Gasteiger partial charge in [0.2, 0.25) is 0 Å². The molecular formula is C63H110O6. The average Bonchev–Trinajstić information content (AvgIpc) is 3.35. The van der Waals surface area contributed by atoms with Gasteiger partial charge in [0.1, 0.15) is 13.2 Å². The van der Waals surface area contributed by atoms with E-state index in [9.17, 15) is 14.4 Å². The van der Waals surface area contributed by atoms with E-state index in [1.54, 1.807) is 0 Å². The first-order valence-corrected chi connectivity index (χ1v) is 29.4. The van der Waals surface area contributed by atoms with Crippen LogP contribution in [-0.4, -0.2) is 37.2 Å². The molecule has 6 heteroatoms. The molecule has 0 saturated carbocycles. The van der Waals surface area contributed by atoms with Gasteiger partial charge in [-0.15, -0.1) is 0 Å². The van der Waals surface area contributed by atoms with Crippen molar-refractivity contribution in [2.75, 3.05) is 13.2 Å². The Balaban J connectivity index is 4.35. The lowest BCUT2D eigenvalue weighted by molar-refractivity contribution is -0.167. The summed E-state index contributed by atoms with van der Waals surface area (Å²) in [6.45, 7) is 6.42. The molecule has 0 aromatic rings. The third-order valence-electron chi connectivity index (χ3n) is 12.7. The number of allylic oxidation sites excluding steroid dienone is 12. The molecule has 6 nitrogen and oxygen atoms in total. The van der Waals surface area contributed by atoms with Crippen LogP contribution in [0.25, 0.3) is 0 Å². The molecule has 1 unspecified atom stereocenters. The van der Waals surface area contributed by atoms with E-state index < -0.39 is 6.10 Å². The highest BCUT2D eigenvalue weighted by Crippen LogP contribution is 2.17. The normalized spacial score (nSPS) is 12.6. The minimum Gasteiger partial charge on any atom is -0.462 e.